The monoisotopic (exact) mass is 403 g/mol. The van der Waals surface area contributed by atoms with E-state index in [1.165, 1.54) is 0 Å². The zero-order valence-corrected chi connectivity index (χ0v) is 17.6. The van der Waals surface area contributed by atoms with Crippen LogP contribution in [0.4, 0.5) is 5.82 Å². The summed E-state index contributed by atoms with van der Waals surface area (Å²) >= 11 is 0. The van der Waals surface area contributed by atoms with E-state index in [-0.39, 0.29) is 12.2 Å². The van der Waals surface area contributed by atoms with E-state index < -0.39 is 0 Å². The Morgan fingerprint density at radius 3 is 2.53 bits per heavy atom. The van der Waals surface area contributed by atoms with Crippen LogP contribution in [0.25, 0.3) is 33.4 Å². The fraction of sp³-hybridized carbons (Fsp3) is 0.364. The first-order chi connectivity index (χ1) is 14.5. The summed E-state index contributed by atoms with van der Waals surface area (Å²) in [5, 5.41) is 16.1. The van der Waals surface area contributed by atoms with Crippen molar-refractivity contribution in [2.45, 2.75) is 39.9 Å². The molecule has 1 aliphatic rings. The van der Waals surface area contributed by atoms with Gasteiger partial charge in [0.2, 0.25) is 0 Å². The van der Waals surface area contributed by atoms with Gasteiger partial charge in [-0.2, -0.15) is 10.2 Å². The van der Waals surface area contributed by atoms with E-state index >= 15 is 0 Å². The molecule has 0 spiro atoms. The number of hydrogen-bond donors (Lipinski definition) is 2. The highest BCUT2D eigenvalue weighted by Crippen LogP contribution is 2.32. The predicted molar refractivity (Wildman–Crippen MR) is 116 cm³/mol. The minimum absolute atomic E-state index is 0.169. The number of nitrogens with one attached hydrogen (secondary N) is 2. The van der Waals surface area contributed by atoms with Gasteiger partial charge in [-0.05, 0) is 45.4 Å². The number of benzene rings is 1. The highest BCUT2D eigenvalue weighted by Gasteiger charge is 2.24. The van der Waals surface area contributed by atoms with Gasteiger partial charge in [0.25, 0.3) is 0 Å². The number of rotatable bonds is 3. The Morgan fingerprint density at radius 1 is 1.00 bits per heavy atom. The van der Waals surface area contributed by atoms with Crippen molar-refractivity contribution in [2.24, 2.45) is 0 Å². The lowest BCUT2D eigenvalue weighted by Gasteiger charge is -2.36. The Morgan fingerprint density at radius 2 is 1.80 bits per heavy atom. The minimum Gasteiger partial charge on any atom is -0.372 e. The summed E-state index contributed by atoms with van der Waals surface area (Å²) in [4.78, 5) is 11.3. The molecule has 1 aliphatic heterocycles. The van der Waals surface area contributed by atoms with Crippen molar-refractivity contribution < 1.29 is 4.74 Å². The van der Waals surface area contributed by atoms with Crippen molar-refractivity contribution in [2.75, 3.05) is 18.0 Å². The molecular formula is C22H25N7O. The number of aromatic nitrogens is 6. The van der Waals surface area contributed by atoms with Gasteiger partial charge in [0.05, 0.1) is 29.1 Å². The first-order valence-electron chi connectivity index (χ1n) is 10.2. The van der Waals surface area contributed by atoms with Crippen molar-refractivity contribution in [3.8, 4) is 22.5 Å². The molecule has 0 bridgehead atoms. The van der Waals surface area contributed by atoms with Crippen molar-refractivity contribution in [1.29, 1.82) is 0 Å². The third kappa shape index (κ3) is 3.23. The van der Waals surface area contributed by atoms with Crippen LogP contribution in [0.1, 0.15) is 25.2 Å². The van der Waals surface area contributed by atoms with Gasteiger partial charge < -0.3 is 9.64 Å². The number of aryl methyl sites for hydroxylation is 2. The van der Waals surface area contributed by atoms with Gasteiger partial charge in [0, 0.05) is 35.8 Å². The molecule has 4 aromatic rings. The van der Waals surface area contributed by atoms with Crippen LogP contribution in [-0.4, -0.2) is 55.7 Å². The van der Waals surface area contributed by atoms with Crippen LogP contribution < -0.4 is 4.90 Å². The van der Waals surface area contributed by atoms with E-state index in [2.05, 4.69) is 67.3 Å². The topological polar surface area (TPSA) is 95.6 Å². The molecule has 0 aliphatic carbocycles. The molecule has 0 radical (unpaired) electrons. The highest BCUT2D eigenvalue weighted by atomic mass is 16.5. The third-order valence-electron chi connectivity index (χ3n) is 5.62. The van der Waals surface area contributed by atoms with Crippen LogP contribution in [0.2, 0.25) is 0 Å². The number of morpholine rings is 1. The van der Waals surface area contributed by atoms with Gasteiger partial charge in [-0.25, -0.2) is 9.97 Å². The minimum atomic E-state index is 0.169. The fourth-order valence-electron chi connectivity index (χ4n) is 4.36. The molecule has 0 amide bonds. The molecule has 1 fully saturated rings. The average molecular weight is 403 g/mol. The molecule has 30 heavy (non-hydrogen) atoms. The second-order valence-corrected chi connectivity index (χ2v) is 8.07. The second kappa shape index (κ2) is 7.21. The normalized spacial score (nSPS) is 19.5. The Bertz CT molecular complexity index is 1180. The van der Waals surface area contributed by atoms with Gasteiger partial charge >= 0.3 is 0 Å². The van der Waals surface area contributed by atoms with Gasteiger partial charge in [-0.3, -0.25) is 10.2 Å². The van der Waals surface area contributed by atoms with Gasteiger partial charge in [0.1, 0.15) is 17.8 Å². The number of fused-ring (bicyclic) bond motifs is 1. The number of anilines is 1. The number of hydrogen-bond acceptors (Lipinski definition) is 6. The molecule has 0 unspecified atom stereocenters. The predicted octanol–water partition coefficient (Wildman–Crippen LogP) is 3.64. The van der Waals surface area contributed by atoms with Gasteiger partial charge in [-0.1, -0.05) is 6.07 Å². The molecule has 8 nitrogen and oxygen atoms in total. The van der Waals surface area contributed by atoms with Crippen LogP contribution in [0.5, 0.6) is 0 Å². The lowest BCUT2D eigenvalue weighted by molar-refractivity contribution is -0.00546. The number of nitrogens with zero attached hydrogens (tertiary/aromatic N) is 5. The second-order valence-electron chi connectivity index (χ2n) is 8.07. The summed E-state index contributed by atoms with van der Waals surface area (Å²) in [5.41, 5.74) is 6.87. The number of H-pyrrole nitrogens is 2. The van der Waals surface area contributed by atoms with Crippen molar-refractivity contribution in [1.82, 2.24) is 30.4 Å². The molecule has 154 valence electrons. The Labute approximate surface area is 174 Å². The maximum Gasteiger partial charge on any atom is 0.132 e. The smallest absolute Gasteiger partial charge is 0.132 e. The quantitative estimate of drug-likeness (QED) is 0.542. The van der Waals surface area contributed by atoms with Crippen LogP contribution in [-0.2, 0) is 4.74 Å². The lowest BCUT2D eigenvalue weighted by atomic mass is 10.0. The average Bonchev–Trinajstić information content (AvgIpc) is 3.29. The molecule has 1 saturated heterocycles. The first kappa shape index (κ1) is 18.7. The van der Waals surface area contributed by atoms with Crippen molar-refractivity contribution in [3.63, 3.8) is 0 Å². The SMILES string of the molecule is Cc1n[nH]c(C)c1-c1ccc2[nH]nc(-c3cc(N4C[C@@H](C)O[C@@H](C)C4)ncn3)c2c1. The molecule has 1 aromatic carbocycles. The van der Waals surface area contributed by atoms with Gasteiger partial charge in [-0.15, -0.1) is 0 Å². The summed E-state index contributed by atoms with van der Waals surface area (Å²) in [7, 11) is 0. The van der Waals surface area contributed by atoms with Gasteiger partial charge in [0.15, 0.2) is 0 Å². The molecule has 8 heteroatoms. The van der Waals surface area contributed by atoms with Crippen LogP contribution in [0.15, 0.2) is 30.6 Å². The number of aromatic amines is 2. The fourth-order valence-corrected chi connectivity index (χ4v) is 4.36. The standard InChI is InChI=1S/C22H25N7O/c1-12-9-29(10-13(2)30-12)20-8-19(23-11-24-20)22-17-7-16(5-6-18(17)27-28-22)21-14(3)25-26-15(21)4/h5-8,11-13H,9-10H2,1-4H3,(H,25,26)(H,27,28)/t12-,13+. The zero-order chi connectivity index (χ0) is 20.8. The molecule has 3 aromatic heterocycles. The summed E-state index contributed by atoms with van der Waals surface area (Å²) in [6, 6.07) is 8.32. The van der Waals surface area contributed by atoms with Crippen LogP contribution >= 0.6 is 0 Å². The number of ether oxygens (including phenoxy) is 1. The lowest BCUT2D eigenvalue weighted by Crippen LogP contribution is -2.45. The Balaban J connectivity index is 1.56. The molecule has 0 saturated carbocycles. The summed E-state index contributed by atoms with van der Waals surface area (Å²) < 4.78 is 5.86. The maximum atomic E-state index is 5.86. The largest absolute Gasteiger partial charge is 0.372 e. The van der Waals surface area contributed by atoms with E-state index in [9.17, 15) is 0 Å². The van der Waals surface area contributed by atoms with E-state index in [4.69, 9.17) is 4.74 Å². The molecule has 5 rings (SSSR count). The van der Waals surface area contributed by atoms with E-state index in [1.807, 2.05) is 19.9 Å². The zero-order valence-electron chi connectivity index (χ0n) is 17.6. The van der Waals surface area contributed by atoms with Crippen molar-refractivity contribution in [3.05, 3.63) is 42.0 Å². The summed E-state index contributed by atoms with van der Waals surface area (Å²) in [6.45, 7) is 9.86. The van der Waals surface area contributed by atoms with Crippen molar-refractivity contribution >= 4 is 16.7 Å². The molecule has 4 heterocycles. The summed E-state index contributed by atoms with van der Waals surface area (Å²) in [5.74, 6) is 0.899. The Kier molecular flexibility index (Phi) is 4.51. The van der Waals surface area contributed by atoms with E-state index in [0.29, 0.717) is 0 Å². The molecule has 2 atom stereocenters. The van der Waals surface area contributed by atoms with E-state index in [0.717, 1.165) is 63.7 Å². The van der Waals surface area contributed by atoms with Crippen LogP contribution in [0.3, 0.4) is 0 Å². The Hall–Kier alpha value is -3.26. The third-order valence-corrected chi connectivity index (χ3v) is 5.62. The maximum absolute atomic E-state index is 5.86. The first-order valence-corrected chi connectivity index (χ1v) is 10.2. The molecule has 2 N–H and O–H groups in total. The summed E-state index contributed by atoms with van der Waals surface area (Å²) in [6.07, 6.45) is 1.95. The molecular weight excluding hydrogens is 378 g/mol. The van der Waals surface area contributed by atoms with Crippen LogP contribution in [0, 0.1) is 13.8 Å². The van der Waals surface area contributed by atoms with E-state index in [1.54, 1.807) is 6.33 Å². The highest BCUT2D eigenvalue weighted by molar-refractivity contribution is 5.95.